The first-order valence-electron chi connectivity index (χ1n) is 5.59. The van der Waals surface area contributed by atoms with Crippen LogP contribution in [0.25, 0.3) is 0 Å². The van der Waals surface area contributed by atoms with Crippen LogP contribution >= 0.6 is 0 Å². The number of pyridine rings is 1. The van der Waals surface area contributed by atoms with Crippen LogP contribution in [0.2, 0.25) is 0 Å². The molecule has 0 fully saturated rings. The van der Waals surface area contributed by atoms with Gasteiger partial charge in [0.25, 0.3) is 0 Å². The predicted octanol–water partition coefficient (Wildman–Crippen LogP) is 2.29. The normalized spacial score (nSPS) is 11.4. The number of hydrazine groups is 1. The topological polar surface area (TPSA) is 89.0 Å². The van der Waals surface area contributed by atoms with Crippen molar-refractivity contribution in [1.29, 1.82) is 0 Å². The summed E-state index contributed by atoms with van der Waals surface area (Å²) in [5.74, 6) is 5.99. The molecule has 0 bridgehead atoms. The molecule has 4 N–H and O–H groups in total. The van der Waals surface area contributed by atoms with Crippen LogP contribution < -0.4 is 16.6 Å². The fourth-order valence-electron chi connectivity index (χ4n) is 1.51. The van der Waals surface area contributed by atoms with Crippen molar-refractivity contribution in [2.75, 3.05) is 10.7 Å². The molecule has 0 atom stereocenters. The smallest absolute Gasteiger partial charge is 0.416 e. The van der Waals surface area contributed by atoms with E-state index in [0.717, 1.165) is 12.1 Å². The van der Waals surface area contributed by atoms with Gasteiger partial charge in [0, 0.05) is 0 Å². The molecule has 108 valence electrons. The van der Waals surface area contributed by atoms with Crippen molar-refractivity contribution in [3.63, 3.8) is 0 Å². The maximum atomic E-state index is 12.7. The van der Waals surface area contributed by atoms with E-state index in [1.54, 1.807) is 6.92 Å². The summed E-state index contributed by atoms with van der Waals surface area (Å²) < 4.78 is 43.3. The number of halogens is 3. The molecule has 6 nitrogen and oxygen atoms in total. The lowest BCUT2D eigenvalue weighted by Gasteiger charge is -2.11. The highest BCUT2D eigenvalue weighted by Crippen LogP contribution is 2.31. The van der Waals surface area contributed by atoms with Crippen LogP contribution in [-0.2, 0) is 12.7 Å². The highest BCUT2D eigenvalue weighted by Gasteiger charge is 2.31. The second kappa shape index (κ2) is 5.37. The number of rotatable bonds is 4. The third-order valence-corrected chi connectivity index (χ3v) is 2.39. The first-order valence-corrected chi connectivity index (χ1v) is 5.59. The molecule has 0 radical (unpaired) electrons. The molecular weight excluding hydrogens is 275 g/mol. The summed E-state index contributed by atoms with van der Waals surface area (Å²) in [7, 11) is 0. The van der Waals surface area contributed by atoms with Gasteiger partial charge < -0.3 is 15.2 Å². The van der Waals surface area contributed by atoms with Gasteiger partial charge in [-0.25, -0.2) is 15.8 Å². The molecule has 20 heavy (non-hydrogen) atoms. The molecule has 9 heteroatoms. The van der Waals surface area contributed by atoms with Gasteiger partial charge in [-0.2, -0.15) is 13.2 Å². The molecule has 2 heterocycles. The zero-order valence-corrected chi connectivity index (χ0v) is 10.5. The van der Waals surface area contributed by atoms with Gasteiger partial charge >= 0.3 is 6.18 Å². The molecule has 2 rings (SSSR count). The molecular formula is C11H12F3N5O. The quantitative estimate of drug-likeness (QED) is 0.590. The summed E-state index contributed by atoms with van der Waals surface area (Å²) in [6, 6.07) is 1.71. The third kappa shape index (κ3) is 3.38. The number of nitrogens with two attached hydrogens (primary N) is 1. The fourth-order valence-corrected chi connectivity index (χ4v) is 1.51. The van der Waals surface area contributed by atoms with E-state index in [-0.39, 0.29) is 18.2 Å². The Kier molecular flexibility index (Phi) is 3.79. The minimum absolute atomic E-state index is 0.0172. The minimum atomic E-state index is -4.48. The van der Waals surface area contributed by atoms with E-state index in [0.29, 0.717) is 11.7 Å². The van der Waals surface area contributed by atoms with Gasteiger partial charge in [0.1, 0.15) is 17.4 Å². The number of aromatic nitrogens is 2. The zero-order valence-electron chi connectivity index (χ0n) is 10.5. The van der Waals surface area contributed by atoms with Gasteiger partial charge in [-0.15, -0.1) is 0 Å². The molecule has 0 aromatic carbocycles. The van der Waals surface area contributed by atoms with Crippen molar-refractivity contribution < 1.29 is 17.6 Å². The standard InChI is InChI=1S/C11H12F3N5O/c1-6-4-17-10(20-6)5-16-8-2-7(11(12,13)14)3-9(18-8)19-15/h2-4H,5,15H2,1H3,(H2,16,18,19). The molecule has 0 aliphatic rings. The van der Waals surface area contributed by atoms with Crippen molar-refractivity contribution in [2.24, 2.45) is 5.84 Å². The van der Waals surface area contributed by atoms with Crippen LogP contribution in [0.4, 0.5) is 24.8 Å². The summed E-state index contributed by atoms with van der Waals surface area (Å²) in [6.45, 7) is 1.83. The highest BCUT2D eigenvalue weighted by molar-refractivity contribution is 5.49. The second-order valence-corrected chi connectivity index (χ2v) is 3.99. The van der Waals surface area contributed by atoms with E-state index in [1.165, 1.54) is 6.20 Å². The van der Waals surface area contributed by atoms with Crippen molar-refractivity contribution in [3.8, 4) is 0 Å². The van der Waals surface area contributed by atoms with Gasteiger partial charge in [-0.05, 0) is 19.1 Å². The predicted molar refractivity (Wildman–Crippen MR) is 65.6 cm³/mol. The van der Waals surface area contributed by atoms with Gasteiger partial charge in [0.2, 0.25) is 5.89 Å². The molecule has 0 aliphatic carbocycles. The van der Waals surface area contributed by atoms with E-state index in [2.05, 4.69) is 20.7 Å². The Bertz CT molecular complexity index is 596. The Morgan fingerprint density at radius 2 is 2.00 bits per heavy atom. The van der Waals surface area contributed by atoms with E-state index in [9.17, 15) is 13.2 Å². The molecule has 0 unspecified atom stereocenters. The van der Waals surface area contributed by atoms with Gasteiger partial charge in [-0.3, -0.25) is 0 Å². The summed E-state index contributed by atoms with van der Waals surface area (Å²) in [5, 5.41) is 2.70. The molecule has 0 saturated carbocycles. The number of oxazole rings is 1. The van der Waals surface area contributed by atoms with Gasteiger partial charge in [-0.1, -0.05) is 0 Å². The maximum Gasteiger partial charge on any atom is 0.416 e. The fraction of sp³-hybridized carbons (Fsp3) is 0.273. The molecule has 0 amide bonds. The monoisotopic (exact) mass is 287 g/mol. The molecule has 2 aromatic heterocycles. The lowest BCUT2D eigenvalue weighted by molar-refractivity contribution is -0.137. The first-order chi connectivity index (χ1) is 9.38. The van der Waals surface area contributed by atoms with Crippen molar-refractivity contribution in [3.05, 3.63) is 35.5 Å². The lowest BCUT2D eigenvalue weighted by atomic mass is 10.2. The number of nitrogen functional groups attached to an aromatic ring is 1. The lowest BCUT2D eigenvalue weighted by Crippen LogP contribution is -2.14. The van der Waals surface area contributed by atoms with Crippen LogP contribution in [0.5, 0.6) is 0 Å². The summed E-state index contributed by atoms with van der Waals surface area (Å²) in [4.78, 5) is 7.80. The largest absolute Gasteiger partial charge is 0.444 e. The summed E-state index contributed by atoms with van der Waals surface area (Å²) in [6.07, 6.45) is -2.96. The average molecular weight is 287 g/mol. The van der Waals surface area contributed by atoms with Gasteiger partial charge in [0.15, 0.2) is 0 Å². The zero-order chi connectivity index (χ0) is 14.8. The number of nitrogens with one attached hydrogen (secondary N) is 2. The van der Waals surface area contributed by atoms with Crippen LogP contribution in [0.15, 0.2) is 22.7 Å². The molecule has 0 spiro atoms. The number of alkyl halides is 3. The Morgan fingerprint density at radius 3 is 2.55 bits per heavy atom. The van der Waals surface area contributed by atoms with E-state index in [1.807, 2.05) is 0 Å². The average Bonchev–Trinajstić information content (AvgIpc) is 2.81. The number of anilines is 2. The Hall–Kier alpha value is -2.29. The van der Waals surface area contributed by atoms with E-state index >= 15 is 0 Å². The van der Waals surface area contributed by atoms with Gasteiger partial charge in [0.05, 0.1) is 18.3 Å². The van der Waals surface area contributed by atoms with Crippen molar-refractivity contribution in [1.82, 2.24) is 9.97 Å². The SMILES string of the molecule is Cc1cnc(CNc2cc(C(F)(F)F)cc(NN)n2)o1. The number of hydrogen-bond donors (Lipinski definition) is 3. The van der Waals surface area contributed by atoms with Crippen LogP contribution in [-0.4, -0.2) is 9.97 Å². The Morgan fingerprint density at radius 1 is 1.30 bits per heavy atom. The van der Waals surface area contributed by atoms with Crippen LogP contribution in [0.1, 0.15) is 17.2 Å². The Balaban J connectivity index is 2.18. The second-order valence-electron chi connectivity index (χ2n) is 3.99. The summed E-state index contributed by atoms with van der Waals surface area (Å²) in [5.41, 5.74) is 1.24. The number of aryl methyl sites for hydroxylation is 1. The molecule has 2 aromatic rings. The minimum Gasteiger partial charge on any atom is -0.444 e. The number of nitrogens with zero attached hydrogens (tertiary/aromatic N) is 2. The Labute approximate surface area is 112 Å². The third-order valence-electron chi connectivity index (χ3n) is 2.39. The molecule has 0 saturated heterocycles. The molecule has 0 aliphatic heterocycles. The number of hydrogen-bond acceptors (Lipinski definition) is 6. The highest BCUT2D eigenvalue weighted by atomic mass is 19.4. The van der Waals surface area contributed by atoms with Crippen molar-refractivity contribution in [2.45, 2.75) is 19.6 Å². The summed E-state index contributed by atoms with van der Waals surface area (Å²) >= 11 is 0. The van der Waals surface area contributed by atoms with E-state index < -0.39 is 11.7 Å². The van der Waals surface area contributed by atoms with Crippen molar-refractivity contribution >= 4 is 11.6 Å². The first kappa shape index (κ1) is 14.1. The van der Waals surface area contributed by atoms with Crippen LogP contribution in [0.3, 0.4) is 0 Å². The van der Waals surface area contributed by atoms with Crippen LogP contribution in [0, 0.1) is 6.92 Å². The van der Waals surface area contributed by atoms with E-state index in [4.69, 9.17) is 10.3 Å². The maximum absolute atomic E-state index is 12.7.